The number of ether oxygens (including phenoxy) is 2. The molecule has 3 rings (SSSR count). The Labute approximate surface area is 131 Å². The van der Waals surface area contributed by atoms with Crippen molar-refractivity contribution < 1.29 is 14.3 Å². The number of aromatic nitrogens is 1. The molecule has 0 bridgehead atoms. The molecule has 1 aromatic rings. The molecule has 5 heteroatoms. The highest BCUT2D eigenvalue weighted by Crippen LogP contribution is 2.34. The summed E-state index contributed by atoms with van der Waals surface area (Å²) in [5.41, 5.74) is 0.864. The van der Waals surface area contributed by atoms with E-state index in [4.69, 9.17) is 9.47 Å². The molecule has 1 aliphatic carbocycles. The van der Waals surface area contributed by atoms with Gasteiger partial charge in [0.1, 0.15) is 0 Å². The lowest BCUT2D eigenvalue weighted by Crippen LogP contribution is -2.54. The Bertz CT molecular complexity index is 521. The minimum absolute atomic E-state index is 0.0813. The van der Waals surface area contributed by atoms with E-state index in [-0.39, 0.29) is 11.5 Å². The summed E-state index contributed by atoms with van der Waals surface area (Å²) >= 11 is 0. The summed E-state index contributed by atoms with van der Waals surface area (Å²) in [6.07, 6.45) is 7.96. The van der Waals surface area contributed by atoms with Crippen molar-refractivity contribution in [2.24, 2.45) is 0 Å². The number of hydrogen-bond donors (Lipinski definition) is 0. The van der Waals surface area contributed by atoms with Crippen LogP contribution < -0.4 is 4.74 Å². The molecule has 1 saturated carbocycles. The van der Waals surface area contributed by atoms with E-state index in [0.717, 1.165) is 24.9 Å². The molecule has 0 unspecified atom stereocenters. The molecule has 1 aliphatic heterocycles. The maximum atomic E-state index is 12.6. The van der Waals surface area contributed by atoms with E-state index in [1.54, 1.807) is 13.3 Å². The Morgan fingerprint density at radius 2 is 2.23 bits per heavy atom. The summed E-state index contributed by atoms with van der Waals surface area (Å²) in [5.74, 6) is 0.720. The van der Waals surface area contributed by atoms with E-state index in [1.807, 2.05) is 17.0 Å². The Morgan fingerprint density at radius 1 is 1.41 bits per heavy atom. The van der Waals surface area contributed by atoms with Crippen LogP contribution in [0.3, 0.4) is 0 Å². The lowest BCUT2D eigenvalue weighted by atomic mass is 9.83. The average molecular weight is 304 g/mol. The molecule has 2 aliphatic rings. The number of nitrogens with zero attached hydrogens (tertiary/aromatic N) is 2. The molecular formula is C17H24N2O3. The van der Waals surface area contributed by atoms with Gasteiger partial charge in [-0.2, -0.15) is 0 Å². The van der Waals surface area contributed by atoms with Crippen LogP contribution in [0.1, 0.15) is 37.7 Å². The normalized spacial score (nSPS) is 20.9. The number of pyridine rings is 1. The summed E-state index contributed by atoms with van der Waals surface area (Å²) in [5, 5.41) is 0. The van der Waals surface area contributed by atoms with Gasteiger partial charge in [0.05, 0.1) is 25.7 Å². The van der Waals surface area contributed by atoms with Gasteiger partial charge in [-0.3, -0.25) is 4.79 Å². The first-order chi connectivity index (χ1) is 10.7. The zero-order chi connectivity index (χ0) is 15.4. The average Bonchev–Trinajstić information content (AvgIpc) is 2.56. The van der Waals surface area contributed by atoms with Gasteiger partial charge in [-0.25, -0.2) is 4.98 Å². The predicted molar refractivity (Wildman–Crippen MR) is 82.8 cm³/mol. The minimum atomic E-state index is -0.0813. The molecule has 0 atom stereocenters. The number of carbonyl (C=O) groups is 1. The standard InChI is InChI=1S/C17H24N2O3/c1-21-15-11-14(5-8-18-15)12-16(20)19-9-10-22-17(13-19)6-3-2-4-7-17/h5,8,11H,2-4,6-7,9-10,12-13H2,1H3. The van der Waals surface area contributed by atoms with Gasteiger partial charge in [-0.05, 0) is 24.5 Å². The Balaban J connectivity index is 1.64. The molecule has 1 aromatic heterocycles. The molecule has 0 radical (unpaired) electrons. The van der Waals surface area contributed by atoms with E-state index in [2.05, 4.69) is 4.98 Å². The van der Waals surface area contributed by atoms with Gasteiger partial charge in [0, 0.05) is 25.4 Å². The lowest BCUT2D eigenvalue weighted by molar-refractivity contribution is -0.155. The molecule has 22 heavy (non-hydrogen) atoms. The fourth-order valence-electron chi connectivity index (χ4n) is 3.51. The maximum absolute atomic E-state index is 12.6. The highest BCUT2D eigenvalue weighted by atomic mass is 16.5. The van der Waals surface area contributed by atoms with Gasteiger partial charge in [0.2, 0.25) is 11.8 Å². The zero-order valence-corrected chi connectivity index (χ0v) is 13.2. The van der Waals surface area contributed by atoms with E-state index < -0.39 is 0 Å². The highest BCUT2D eigenvalue weighted by molar-refractivity contribution is 5.79. The van der Waals surface area contributed by atoms with Gasteiger partial charge in [0.25, 0.3) is 0 Å². The highest BCUT2D eigenvalue weighted by Gasteiger charge is 2.39. The molecule has 2 heterocycles. The van der Waals surface area contributed by atoms with Crippen molar-refractivity contribution >= 4 is 5.91 Å². The van der Waals surface area contributed by atoms with Crippen molar-refractivity contribution in [2.45, 2.75) is 44.1 Å². The van der Waals surface area contributed by atoms with Crippen LogP contribution in [0.25, 0.3) is 0 Å². The van der Waals surface area contributed by atoms with Crippen LogP contribution in [0.15, 0.2) is 18.3 Å². The van der Waals surface area contributed by atoms with Gasteiger partial charge in [0.15, 0.2) is 0 Å². The van der Waals surface area contributed by atoms with Crippen molar-refractivity contribution in [3.8, 4) is 5.88 Å². The molecule has 5 nitrogen and oxygen atoms in total. The third-order valence-corrected chi connectivity index (χ3v) is 4.73. The van der Waals surface area contributed by atoms with Crippen LogP contribution in [-0.4, -0.2) is 48.2 Å². The topological polar surface area (TPSA) is 51.7 Å². The fraction of sp³-hybridized carbons (Fsp3) is 0.647. The lowest BCUT2D eigenvalue weighted by Gasteiger charge is -2.45. The number of rotatable bonds is 3. The van der Waals surface area contributed by atoms with Gasteiger partial charge < -0.3 is 14.4 Å². The van der Waals surface area contributed by atoms with Crippen molar-refractivity contribution in [3.63, 3.8) is 0 Å². The van der Waals surface area contributed by atoms with E-state index >= 15 is 0 Å². The van der Waals surface area contributed by atoms with Gasteiger partial charge >= 0.3 is 0 Å². The van der Waals surface area contributed by atoms with Gasteiger partial charge in [-0.15, -0.1) is 0 Å². The zero-order valence-electron chi connectivity index (χ0n) is 13.2. The first kappa shape index (κ1) is 15.3. The van der Waals surface area contributed by atoms with Crippen molar-refractivity contribution in [3.05, 3.63) is 23.9 Å². The van der Waals surface area contributed by atoms with E-state index in [0.29, 0.717) is 25.5 Å². The molecule has 0 N–H and O–H groups in total. The molecule has 1 spiro atoms. The largest absolute Gasteiger partial charge is 0.481 e. The maximum Gasteiger partial charge on any atom is 0.227 e. The molecule has 0 aromatic carbocycles. The Hall–Kier alpha value is -1.62. The van der Waals surface area contributed by atoms with Crippen LogP contribution in [-0.2, 0) is 16.0 Å². The summed E-state index contributed by atoms with van der Waals surface area (Å²) < 4.78 is 11.2. The quantitative estimate of drug-likeness (QED) is 0.859. The second-order valence-electron chi connectivity index (χ2n) is 6.29. The summed E-state index contributed by atoms with van der Waals surface area (Å²) in [4.78, 5) is 18.7. The number of carbonyl (C=O) groups excluding carboxylic acids is 1. The Kier molecular flexibility index (Phi) is 4.62. The predicted octanol–water partition coefficient (Wildman–Crippen LogP) is 2.19. The monoisotopic (exact) mass is 304 g/mol. The van der Waals surface area contributed by atoms with Crippen LogP contribution in [0.2, 0.25) is 0 Å². The summed E-state index contributed by atoms with van der Waals surface area (Å²) in [6, 6.07) is 3.70. The van der Waals surface area contributed by atoms with Crippen LogP contribution in [0, 0.1) is 0 Å². The van der Waals surface area contributed by atoms with Gasteiger partial charge in [-0.1, -0.05) is 19.3 Å². The number of morpholine rings is 1. The first-order valence-corrected chi connectivity index (χ1v) is 8.11. The van der Waals surface area contributed by atoms with E-state index in [1.165, 1.54) is 19.3 Å². The molecule has 2 fully saturated rings. The SMILES string of the molecule is COc1cc(CC(=O)N2CCOC3(CCCCC3)C2)ccn1. The number of hydrogen-bond acceptors (Lipinski definition) is 4. The van der Waals surface area contributed by atoms with Crippen LogP contribution in [0.4, 0.5) is 0 Å². The first-order valence-electron chi connectivity index (χ1n) is 8.11. The third-order valence-electron chi connectivity index (χ3n) is 4.73. The van der Waals surface area contributed by atoms with Crippen LogP contribution in [0.5, 0.6) is 5.88 Å². The minimum Gasteiger partial charge on any atom is -0.481 e. The second-order valence-corrected chi connectivity index (χ2v) is 6.29. The molecule has 120 valence electrons. The smallest absolute Gasteiger partial charge is 0.227 e. The van der Waals surface area contributed by atoms with Crippen molar-refractivity contribution in [1.29, 1.82) is 0 Å². The van der Waals surface area contributed by atoms with Crippen LogP contribution >= 0.6 is 0 Å². The Morgan fingerprint density at radius 3 is 3.00 bits per heavy atom. The second kappa shape index (κ2) is 6.65. The fourth-order valence-corrected chi connectivity index (χ4v) is 3.51. The third kappa shape index (κ3) is 3.40. The van der Waals surface area contributed by atoms with E-state index in [9.17, 15) is 4.79 Å². The molecule has 1 saturated heterocycles. The summed E-state index contributed by atoms with van der Waals surface area (Å²) in [7, 11) is 1.59. The number of amides is 1. The summed E-state index contributed by atoms with van der Waals surface area (Å²) in [6.45, 7) is 2.10. The molecular weight excluding hydrogens is 280 g/mol. The molecule has 1 amide bonds. The number of methoxy groups -OCH3 is 1. The van der Waals surface area contributed by atoms with Crippen molar-refractivity contribution in [2.75, 3.05) is 26.8 Å². The van der Waals surface area contributed by atoms with Crippen molar-refractivity contribution in [1.82, 2.24) is 9.88 Å².